The van der Waals surface area contributed by atoms with Gasteiger partial charge < -0.3 is 4.90 Å². The summed E-state index contributed by atoms with van der Waals surface area (Å²) >= 11 is 1.78. The Bertz CT molecular complexity index is 938. The number of fused-ring (bicyclic) bond motifs is 2. The van der Waals surface area contributed by atoms with E-state index in [-0.39, 0.29) is 6.04 Å². The van der Waals surface area contributed by atoms with Crippen molar-refractivity contribution >= 4 is 27.5 Å². The minimum atomic E-state index is -3.29. The van der Waals surface area contributed by atoms with Crippen LogP contribution in [0, 0.1) is 0 Å². The summed E-state index contributed by atoms with van der Waals surface area (Å²) in [5.74, 6) is 0. The normalized spacial score (nSPS) is 21.2. The van der Waals surface area contributed by atoms with Crippen molar-refractivity contribution in [1.29, 1.82) is 0 Å². The zero-order valence-corrected chi connectivity index (χ0v) is 17.3. The molecule has 0 saturated carbocycles. The SMILES string of the molecule is CN1CCN(C2Cc3ccccc3Sc3ccc(NS(C)(=O)=O)cc32)CC1. The molecule has 1 fully saturated rings. The van der Waals surface area contributed by atoms with Gasteiger partial charge in [0.1, 0.15) is 0 Å². The van der Waals surface area contributed by atoms with Crippen LogP contribution in [0.5, 0.6) is 0 Å². The standard InChI is InChI=1S/C20H25N3O2S2/c1-22-9-11-23(12-10-22)18-13-15-5-3-4-6-19(15)26-20-8-7-16(14-17(18)20)21-27(2,24)25/h3-8,14,18,21H,9-13H2,1-2H3. The highest BCUT2D eigenvalue weighted by molar-refractivity contribution is 7.99. The molecule has 5 nitrogen and oxygen atoms in total. The van der Waals surface area contributed by atoms with Crippen molar-refractivity contribution < 1.29 is 8.42 Å². The number of hydrogen-bond acceptors (Lipinski definition) is 5. The van der Waals surface area contributed by atoms with Gasteiger partial charge in [-0.15, -0.1) is 0 Å². The maximum absolute atomic E-state index is 11.7. The van der Waals surface area contributed by atoms with E-state index in [0.717, 1.165) is 32.6 Å². The van der Waals surface area contributed by atoms with Gasteiger partial charge in [-0.05, 0) is 48.9 Å². The predicted molar refractivity (Wildman–Crippen MR) is 111 cm³/mol. The molecule has 0 spiro atoms. The number of nitrogens with one attached hydrogen (secondary N) is 1. The fourth-order valence-corrected chi connectivity index (χ4v) is 5.52. The topological polar surface area (TPSA) is 52.6 Å². The lowest BCUT2D eigenvalue weighted by Crippen LogP contribution is -2.46. The van der Waals surface area contributed by atoms with E-state index in [1.54, 1.807) is 11.8 Å². The van der Waals surface area contributed by atoms with E-state index in [2.05, 4.69) is 51.9 Å². The number of hydrogen-bond donors (Lipinski definition) is 1. The molecule has 2 aliphatic heterocycles. The first kappa shape index (κ1) is 18.8. The Labute approximate surface area is 165 Å². The maximum Gasteiger partial charge on any atom is 0.229 e. The summed E-state index contributed by atoms with van der Waals surface area (Å²) < 4.78 is 26.0. The molecule has 27 heavy (non-hydrogen) atoms. The van der Waals surface area contributed by atoms with E-state index in [9.17, 15) is 8.42 Å². The average molecular weight is 404 g/mol. The minimum Gasteiger partial charge on any atom is -0.304 e. The van der Waals surface area contributed by atoms with Crippen LogP contribution in [0.3, 0.4) is 0 Å². The second-order valence-corrected chi connectivity index (χ2v) is 10.2. The van der Waals surface area contributed by atoms with Crippen molar-refractivity contribution in [3.05, 3.63) is 53.6 Å². The first-order chi connectivity index (χ1) is 12.9. The van der Waals surface area contributed by atoms with Crippen molar-refractivity contribution in [2.45, 2.75) is 22.3 Å². The molecule has 1 N–H and O–H groups in total. The summed E-state index contributed by atoms with van der Waals surface area (Å²) in [6.07, 6.45) is 2.14. The van der Waals surface area contributed by atoms with Crippen molar-refractivity contribution in [3.63, 3.8) is 0 Å². The molecule has 7 heteroatoms. The monoisotopic (exact) mass is 403 g/mol. The summed E-state index contributed by atoms with van der Waals surface area (Å²) in [4.78, 5) is 7.41. The van der Waals surface area contributed by atoms with E-state index in [1.165, 1.54) is 27.2 Å². The van der Waals surface area contributed by atoms with Gasteiger partial charge in [0, 0.05) is 47.7 Å². The third-order valence-corrected chi connectivity index (χ3v) is 7.07. The molecule has 2 aromatic rings. The molecule has 2 aliphatic rings. The number of piperazine rings is 1. The number of sulfonamides is 1. The van der Waals surface area contributed by atoms with Gasteiger partial charge in [-0.1, -0.05) is 30.0 Å². The molecule has 1 atom stereocenters. The predicted octanol–water partition coefficient (Wildman–Crippen LogP) is 3.05. The average Bonchev–Trinajstić information content (AvgIpc) is 2.78. The second-order valence-electron chi connectivity index (χ2n) is 7.40. The molecule has 4 rings (SSSR count). The third-order valence-electron chi connectivity index (χ3n) is 5.26. The zero-order valence-electron chi connectivity index (χ0n) is 15.7. The highest BCUT2D eigenvalue weighted by Gasteiger charge is 2.29. The highest BCUT2D eigenvalue weighted by Crippen LogP contribution is 2.43. The smallest absolute Gasteiger partial charge is 0.229 e. The van der Waals surface area contributed by atoms with Crippen LogP contribution in [0.2, 0.25) is 0 Å². The Hall–Kier alpha value is -1.54. The van der Waals surface area contributed by atoms with E-state index in [4.69, 9.17) is 0 Å². The van der Waals surface area contributed by atoms with Gasteiger partial charge in [-0.2, -0.15) is 0 Å². The molecule has 1 unspecified atom stereocenters. The summed E-state index contributed by atoms with van der Waals surface area (Å²) in [5, 5.41) is 0. The fourth-order valence-electron chi connectivity index (χ4n) is 3.85. The van der Waals surface area contributed by atoms with Gasteiger partial charge >= 0.3 is 0 Å². The second kappa shape index (κ2) is 7.47. The molecule has 2 heterocycles. The molecular formula is C20H25N3O2S2. The number of benzene rings is 2. The number of rotatable bonds is 3. The Kier molecular flexibility index (Phi) is 5.20. The van der Waals surface area contributed by atoms with E-state index in [1.807, 2.05) is 12.1 Å². The van der Waals surface area contributed by atoms with E-state index < -0.39 is 10.0 Å². The summed E-state index contributed by atoms with van der Waals surface area (Å²) in [7, 11) is -1.13. The van der Waals surface area contributed by atoms with E-state index in [0.29, 0.717) is 5.69 Å². The van der Waals surface area contributed by atoms with Gasteiger partial charge in [-0.25, -0.2) is 8.42 Å². The van der Waals surface area contributed by atoms with Crippen molar-refractivity contribution in [2.75, 3.05) is 44.2 Å². The number of nitrogens with zero attached hydrogens (tertiary/aromatic N) is 2. The minimum absolute atomic E-state index is 0.256. The molecule has 1 saturated heterocycles. The Balaban J connectivity index is 1.76. The first-order valence-electron chi connectivity index (χ1n) is 9.19. The molecule has 0 amide bonds. The van der Waals surface area contributed by atoms with Gasteiger partial charge in [0.2, 0.25) is 10.0 Å². The van der Waals surface area contributed by atoms with Crippen LogP contribution < -0.4 is 4.72 Å². The van der Waals surface area contributed by atoms with Crippen LogP contribution in [-0.4, -0.2) is 57.7 Å². The number of anilines is 1. The zero-order chi connectivity index (χ0) is 19.0. The lowest BCUT2D eigenvalue weighted by molar-refractivity contribution is 0.110. The maximum atomic E-state index is 11.7. The largest absolute Gasteiger partial charge is 0.304 e. The Morgan fingerprint density at radius 1 is 1.04 bits per heavy atom. The van der Waals surface area contributed by atoms with Gasteiger partial charge in [0.15, 0.2) is 0 Å². The van der Waals surface area contributed by atoms with Crippen LogP contribution in [0.25, 0.3) is 0 Å². The van der Waals surface area contributed by atoms with Crippen LogP contribution in [0.4, 0.5) is 5.69 Å². The van der Waals surface area contributed by atoms with Crippen molar-refractivity contribution in [1.82, 2.24) is 9.80 Å². The van der Waals surface area contributed by atoms with Crippen LogP contribution in [-0.2, 0) is 16.4 Å². The van der Waals surface area contributed by atoms with Crippen LogP contribution >= 0.6 is 11.8 Å². The van der Waals surface area contributed by atoms with Gasteiger partial charge in [0.05, 0.1) is 6.26 Å². The molecule has 0 bridgehead atoms. The summed E-state index contributed by atoms with van der Waals surface area (Å²) in [6.45, 7) is 4.16. The van der Waals surface area contributed by atoms with Gasteiger partial charge in [-0.3, -0.25) is 9.62 Å². The molecule has 0 radical (unpaired) electrons. The summed E-state index contributed by atoms with van der Waals surface area (Å²) in [5.41, 5.74) is 3.22. The Morgan fingerprint density at radius 3 is 2.52 bits per heavy atom. The fraction of sp³-hybridized carbons (Fsp3) is 0.400. The molecule has 0 aromatic heterocycles. The highest BCUT2D eigenvalue weighted by atomic mass is 32.2. The third kappa shape index (κ3) is 4.32. The lowest BCUT2D eigenvalue weighted by Gasteiger charge is -2.38. The molecule has 2 aromatic carbocycles. The first-order valence-corrected chi connectivity index (χ1v) is 11.9. The van der Waals surface area contributed by atoms with Crippen molar-refractivity contribution in [2.24, 2.45) is 0 Å². The lowest BCUT2D eigenvalue weighted by atomic mass is 9.96. The molecule has 0 aliphatic carbocycles. The van der Waals surface area contributed by atoms with E-state index >= 15 is 0 Å². The molecular weight excluding hydrogens is 378 g/mol. The van der Waals surface area contributed by atoms with Crippen LogP contribution in [0.1, 0.15) is 17.2 Å². The Morgan fingerprint density at radius 2 is 1.78 bits per heavy atom. The quantitative estimate of drug-likeness (QED) is 0.854. The van der Waals surface area contributed by atoms with Crippen molar-refractivity contribution in [3.8, 4) is 0 Å². The molecule has 144 valence electrons. The van der Waals surface area contributed by atoms with Gasteiger partial charge in [0.25, 0.3) is 0 Å². The summed E-state index contributed by atoms with van der Waals surface area (Å²) in [6, 6.07) is 14.8. The number of likely N-dealkylation sites (N-methyl/N-ethyl adjacent to an activating group) is 1. The van der Waals surface area contributed by atoms with Crippen LogP contribution in [0.15, 0.2) is 52.3 Å².